The van der Waals surface area contributed by atoms with E-state index in [4.69, 9.17) is 4.74 Å². The Morgan fingerprint density at radius 3 is 3.00 bits per heavy atom. The fourth-order valence-electron chi connectivity index (χ4n) is 2.63. The SMILES string of the molecule is CCOCC1CCCN(C(=O)c2ccc(F)c(C)c2)C1. The van der Waals surface area contributed by atoms with Crippen molar-refractivity contribution in [2.45, 2.75) is 26.7 Å². The summed E-state index contributed by atoms with van der Waals surface area (Å²) in [6, 6.07) is 4.56. The van der Waals surface area contributed by atoms with Gasteiger partial charge in [0, 0.05) is 25.3 Å². The Morgan fingerprint density at radius 1 is 1.50 bits per heavy atom. The molecule has 1 amide bonds. The molecule has 0 N–H and O–H groups in total. The number of nitrogens with zero attached hydrogens (tertiary/aromatic N) is 1. The molecule has 1 aromatic rings. The van der Waals surface area contributed by atoms with E-state index in [1.807, 2.05) is 11.8 Å². The molecule has 0 aliphatic carbocycles. The number of piperidine rings is 1. The van der Waals surface area contributed by atoms with E-state index in [1.165, 1.54) is 6.07 Å². The first kappa shape index (κ1) is 15.0. The third-order valence-corrected chi connectivity index (χ3v) is 3.77. The second kappa shape index (κ2) is 6.84. The molecule has 3 nitrogen and oxygen atoms in total. The van der Waals surface area contributed by atoms with E-state index in [0.29, 0.717) is 30.3 Å². The Hall–Kier alpha value is -1.42. The molecule has 1 saturated heterocycles. The lowest BCUT2D eigenvalue weighted by Gasteiger charge is -2.32. The number of amides is 1. The quantitative estimate of drug-likeness (QED) is 0.848. The Morgan fingerprint density at radius 2 is 2.30 bits per heavy atom. The molecule has 1 unspecified atom stereocenters. The van der Waals surface area contributed by atoms with Crippen LogP contribution in [0.4, 0.5) is 4.39 Å². The summed E-state index contributed by atoms with van der Waals surface area (Å²) in [5.41, 5.74) is 1.08. The van der Waals surface area contributed by atoms with Crippen LogP contribution in [0.2, 0.25) is 0 Å². The monoisotopic (exact) mass is 279 g/mol. The van der Waals surface area contributed by atoms with Gasteiger partial charge < -0.3 is 9.64 Å². The van der Waals surface area contributed by atoms with E-state index in [9.17, 15) is 9.18 Å². The van der Waals surface area contributed by atoms with Crippen molar-refractivity contribution in [3.8, 4) is 0 Å². The Kier molecular flexibility index (Phi) is 5.12. The van der Waals surface area contributed by atoms with Crippen molar-refractivity contribution in [3.63, 3.8) is 0 Å². The molecular weight excluding hydrogens is 257 g/mol. The van der Waals surface area contributed by atoms with Crippen molar-refractivity contribution in [1.29, 1.82) is 0 Å². The number of rotatable bonds is 4. The lowest BCUT2D eigenvalue weighted by Crippen LogP contribution is -2.41. The number of carbonyl (C=O) groups excluding carboxylic acids is 1. The number of ether oxygens (including phenoxy) is 1. The number of carbonyl (C=O) groups is 1. The highest BCUT2D eigenvalue weighted by Gasteiger charge is 2.24. The summed E-state index contributed by atoms with van der Waals surface area (Å²) in [5.74, 6) is 0.137. The number of likely N-dealkylation sites (tertiary alicyclic amines) is 1. The third kappa shape index (κ3) is 3.57. The number of hydrogen-bond donors (Lipinski definition) is 0. The zero-order valence-electron chi connectivity index (χ0n) is 12.2. The first-order valence-corrected chi connectivity index (χ1v) is 7.25. The smallest absolute Gasteiger partial charge is 0.253 e. The van der Waals surface area contributed by atoms with Gasteiger partial charge in [-0.1, -0.05) is 0 Å². The Labute approximate surface area is 119 Å². The van der Waals surface area contributed by atoms with Crippen LogP contribution in [0.3, 0.4) is 0 Å². The first-order valence-electron chi connectivity index (χ1n) is 7.25. The summed E-state index contributed by atoms with van der Waals surface area (Å²) < 4.78 is 18.7. The van der Waals surface area contributed by atoms with Crippen LogP contribution in [0, 0.1) is 18.7 Å². The minimum Gasteiger partial charge on any atom is -0.381 e. The van der Waals surface area contributed by atoms with E-state index in [1.54, 1.807) is 19.1 Å². The Balaban J connectivity index is 2.02. The fraction of sp³-hybridized carbons (Fsp3) is 0.562. The maximum atomic E-state index is 13.3. The first-order chi connectivity index (χ1) is 9.61. The summed E-state index contributed by atoms with van der Waals surface area (Å²) >= 11 is 0. The molecule has 1 fully saturated rings. The highest BCUT2D eigenvalue weighted by Crippen LogP contribution is 2.20. The van der Waals surface area contributed by atoms with Crippen LogP contribution in [-0.4, -0.2) is 37.1 Å². The maximum absolute atomic E-state index is 13.3. The van der Waals surface area contributed by atoms with Gasteiger partial charge in [-0.05, 0) is 56.4 Å². The number of hydrogen-bond acceptors (Lipinski definition) is 2. The number of benzene rings is 1. The van der Waals surface area contributed by atoms with Crippen molar-refractivity contribution >= 4 is 5.91 Å². The predicted octanol–water partition coefficient (Wildman–Crippen LogP) is 3.02. The van der Waals surface area contributed by atoms with E-state index in [2.05, 4.69) is 0 Å². The lowest BCUT2D eigenvalue weighted by atomic mass is 9.98. The number of aryl methyl sites for hydroxylation is 1. The fourth-order valence-corrected chi connectivity index (χ4v) is 2.63. The number of halogens is 1. The Bertz CT molecular complexity index is 476. The van der Waals surface area contributed by atoms with Gasteiger partial charge in [-0.2, -0.15) is 0 Å². The normalized spacial score (nSPS) is 19.1. The van der Waals surface area contributed by atoms with Crippen LogP contribution >= 0.6 is 0 Å². The van der Waals surface area contributed by atoms with Crippen LogP contribution in [-0.2, 0) is 4.74 Å². The average Bonchev–Trinajstić information content (AvgIpc) is 2.47. The van der Waals surface area contributed by atoms with Gasteiger partial charge in [0.2, 0.25) is 0 Å². The van der Waals surface area contributed by atoms with Crippen LogP contribution in [0.1, 0.15) is 35.7 Å². The van der Waals surface area contributed by atoms with E-state index < -0.39 is 0 Å². The molecule has 20 heavy (non-hydrogen) atoms. The topological polar surface area (TPSA) is 29.5 Å². The summed E-state index contributed by atoms with van der Waals surface area (Å²) in [6.45, 7) is 6.59. The highest BCUT2D eigenvalue weighted by atomic mass is 19.1. The van der Waals surface area contributed by atoms with Crippen LogP contribution < -0.4 is 0 Å². The molecule has 0 radical (unpaired) electrons. The molecule has 0 bridgehead atoms. The van der Waals surface area contributed by atoms with Crippen molar-refractivity contribution in [2.24, 2.45) is 5.92 Å². The largest absolute Gasteiger partial charge is 0.381 e. The van der Waals surface area contributed by atoms with Gasteiger partial charge in [0.25, 0.3) is 5.91 Å². The van der Waals surface area contributed by atoms with Crippen molar-refractivity contribution < 1.29 is 13.9 Å². The zero-order valence-corrected chi connectivity index (χ0v) is 12.2. The standard InChI is InChI=1S/C16H22FNO2/c1-3-20-11-13-5-4-8-18(10-13)16(19)14-6-7-15(17)12(2)9-14/h6-7,9,13H,3-5,8,10-11H2,1-2H3. The summed E-state index contributed by atoms with van der Waals surface area (Å²) in [5, 5.41) is 0. The molecule has 0 spiro atoms. The van der Waals surface area contributed by atoms with Crippen LogP contribution in [0.25, 0.3) is 0 Å². The van der Waals surface area contributed by atoms with Gasteiger partial charge in [0.15, 0.2) is 0 Å². The minimum atomic E-state index is -0.269. The lowest BCUT2D eigenvalue weighted by molar-refractivity contribution is 0.0501. The zero-order chi connectivity index (χ0) is 14.5. The molecule has 1 heterocycles. The molecule has 1 aliphatic heterocycles. The molecular formula is C16H22FNO2. The van der Waals surface area contributed by atoms with Crippen molar-refractivity contribution in [2.75, 3.05) is 26.3 Å². The van der Waals surface area contributed by atoms with Gasteiger partial charge in [-0.25, -0.2) is 4.39 Å². The molecule has 4 heteroatoms. The molecule has 1 atom stereocenters. The molecule has 1 aromatic carbocycles. The van der Waals surface area contributed by atoms with E-state index in [-0.39, 0.29) is 11.7 Å². The molecule has 2 rings (SSSR count). The van der Waals surface area contributed by atoms with Crippen LogP contribution in [0.15, 0.2) is 18.2 Å². The molecule has 1 aliphatic rings. The second-order valence-electron chi connectivity index (χ2n) is 5.38. The summed E-state index contributed by atoms with van der Waals surface area (Å²) in [7, 11) is 0. The molecule has 0 saturated carbocycles. The van der Waals surface area contributed by atoms with Gasteiger partial charge in [-0.3, -0.25) is 4.79 Å². The van der Waals surface area contributed by atoms with Gasteiger partial charge in [0.1, 0.15) is 5.82 Å². The van der Waals surface area contributed by atoms with E-state index in [0.717, 1.165) is 25.9 Å². The van der Waals surface area contributed by atoms with Crippen molar-refractivity contribution in [1.82, 2.24) is 4.90 Å². The van der Waals surface area contributed by atoms with E-state index >= 15 is 0 Å². The second-order valence-corrected chi connectivity index (χ2v) is 5.38. The van der Waals surface area contributed by atoms with Crippen LogP contribution in [0.5, 0.6) is 0 Å². The van der Waals surface area contributed by atoms with Gasteiger partial charge >= 0.3 is 0 Å². The third-order valence-electron chi connectivity index (χ3n) is 3.77. The highest BCUT2D eigenvalue weighted by molar-refractivity contribution is 5.94. The summed E-state index contributed by atoms with van der Waals surface area (Å²) in [4.78, 5) is 14.3. The van der Waals surface area contributed by atoms with Crippen molar-refractivity contribution in [3.05, 3.63) is 35.1 Å². The van der Waals surface area contributed by atoms with Gasteiger partial charge in [-0.15, -0.1) is 0 Å². The maximum Gasteiger partial charge on any atom is 0.253 e. The minimum absolute atomic E-state index is 0.00528. The molecule has 0 aromatic heterocycles. The molecule has 110 valence electrons. The average molecular weight is 279 g/mol. The predicted molar refractivity (Wildman–Crippen MR) is 76.3 cm³/mol. The van der Waals surface area contributed by atoms with Gasteiger partial charge in [0.05, 0.1) is 6.61 Å². The summed E-state index contributed by atoms with van der Waals surface area (Å²) in [6.07, 6.45) is 2.11.